The maximum Gasteiger partial charge on any atom is 0.500 e. The number of hydrogen-bond donors (Lipinski definition) is 1. The highest BCUT2D eigenvalue weighted by Crippen LogP contribution is 2.21. The molecule has 0 unspecified atom stereocenters. The molecular weight excluding hydrogens is 466 g/mol. The highest BCUT2D eigenvalue weighted by molar-refractivity contribution is 7.91. The molecule has 0 bridgehead atoms. The van der Waals surface area contributed by atoms with E-state index in [4.69, 9.17) is 13.3 Å². The van der Waals surface area contributed by atoms with E-state index in [0.29, 0.717) is 31.1 Å². The van der Waals surface area contributed by atoms with Crippen molar-refractivity contribution in [3.63, 3.8) is 0 Å². The van der Waals surface area contributed by atoms with Gasteiger partial charge in [-0.05, 0) is 64.3 Å². The molecule has 0 saturated carbocycles. The van der Waals surface area contributed by atoms with Gasteiger partial charge < -0.3 is 18.6 Å². The van der Waals surface area contributed by atoms with E-state index >= 15 is 0 Å². The standard InChI is InChI=1S/C26H49NO5SSi/c1-5-9-10-15-22-27-25-18-20-26(21-19-25)33(28,29)23-16-13-11-12-14-17-24-34(30-6-2,31-7-3)32-8-4/h18-21,27H,5-17,22-24H2,1-4H3. The molecule has 34 heavy (non-hydrogen) atoms. The number of nitrogens with one attached hydrogen (secondary N) is 1. The molecule has 0 spiro atoms. The third kappa shape index (κ3) is 12.7. The van der Waals surface area contributed by atoms with Crippen LogP contribution in [0.3, 0.4) is 0 Å². The molecular formula is C26H49NO5SSi. The third-order valence-electron chi connectivity index (χ3n) is 5.81. The Balaban J connectivity index is 2.27. The van der Waals surface area contributed by atoms with Gasteiger partial charge in [-0.25, -0.2) is 8.42 Å². The molecule has 1 aromatic rings. The molecule has 1 N–H and O–H groups in total. The van der Waals surface area contributed by atoms with E-state index in [1.165, 1.54) is 19.3 Å². The molecule has 0 radical (unpaired) electrons. The molecule has 0 saturated heterocycles. The van der Waals surface area contributed by atoms with E-state index in [9.17, 15) is 8.42 Å². The zero-order valence-corrected chi connectivity index (χ0v) is 23.9. The highest BCUT2D eigenvalue weighted by Gasteiger charge is 2.39. The van der Waals surface area contributed by atoms with Crippen molar-refractivity contribution in [2.75, 3.05) is 37.4 Å². The lowest BCUT2D eigenvalue weighted by Crippen LogP contribution is -2.45. The van der Waals surface area contributed by atoms with Crippen LogP contribution in [0.1, 0.15) is 91.9 Å². The van der Waals surface area contributed by atoms with Crippen LogP contribution in [0.2, 0.25) is 6.04 Å². The first-order valence-corrected chi connectivity index (χ1v) is 17.0. The lowest BCUT2D eigenvalue weighted by Gasteiger charge is -2.28. The van der Waals surface area contributed by atoms with Crippen LogP contribution in [-0.2, 0) is 23.1 Å². The Kier molecular flexibility index (Phi) is 16.8. The molecule has 0 amide bonds. The average Bonchev–Trinajstić information content (AvgIpc) is 2.81. The molecule has 0 heterocycles. The summed E-state index contributed by atoms with van der Waals surface area (Å²) in [4.78, 5) is 0.424. The second kappa shape index (κ2) is 18.4. The predicted molar refractivity (Wildman–Crippen MR) is 144 cm³/mol. The SMILES string of the molecule is CCCCCCNc1ccc(S(=O)(=O)CCCCCCCC[Si](OCC)(OCC)OCC)cc1. The second-order valence-corrected chi connectivity index (χ2v) is 13.5. The topological polar surface area (TPSA) is 73.9 Å². The Hall–Kier alpha value is -0.933. The van der Waals surface area contributed by atoms with Gasteiger partial charge in [0, 0.05) is 38.1 Å². The molecule has 8 heteroatoms. The van der Waals surface area contributed by atoms with Gasteiger partial charge >= 0.3 is 8.80 Å². The predicted octanol–water partition coefficient (Wildman–Crippen LogP) is 6.84. The van der Waals surface area contributed by atoms with E-state index in [1.54, 1.807) is 12.1 Å². The van der Waals surface area contributed by atoms with Crippen molar-refractivity contribution in [2.24, 2.45) is 0 Å². The second-order valence-electron chi connectivity index (χ2n) is 8.68. The lowest BCUT2D eigenvalue weighted by molar-refractivity contribution is 0.0706. The summed E-state index contributed by atoms with van der Waals surface area (Å²) in [5.74, 6) is 0.214. The molecule has 6 nitrogen and oxygen atoms in total. The monoisotopic (exact) mass is 515 g/mol. The molecule has 1 rings (SSSR count). The summed E-state index contributed by atoms with van der Waals surface area (Å²) in [5.41, 5.74) is 0.987. The molecule has 0 aliphatic rings. The average molecular weight is 516 g/mol. The Bertz CT molecular complexity index is 710. The van der Waals surface area contributed by atoms with Gasteiger partial charge in [0.15, 0.2) is 9.84 Å². The van der Waals surface area contributed by atoms with Gasteiger partial charge in [0.1, 0.15) is 0 Å². The molecule has 0 aliphatic carbocycles. The first-order valence-electron chi connectivity index (χ1n) is 13.4. The summed E-state index contributed by atoms with van der Waals surface area (Å²) in [5, 5.41) is 3.37. The summed E-state index contributed by atoms with van der Waals surface area (Å²) in [6, 6.07) is 8.07. The number of sulfone groups is 1. The van der Waals surface area contributed by atoms with Crippen molar-refractivity contribution < 1.29 is 21.7 Å². The molecule has 1 aromatic carbocycles. The zero-order chi connectivity index (χ0) is 25.1. The minimum absolute atomic E-state index is 0.214. The summed E-state index contributed by atoms with van der Waals surface area (Å²) in [7, 11) is -5.75. The highest BCUT2D eigenvalue weighted by atomic mass is 32.2. The van der Waals surface area contributed by atoms with Crippen molar-refractivity contribution in [3.8, 4) is 0 Å². The first-order chi connectivity index (χ1) is 16.4. The molecule has 0 aliphatic heterocycles. The van der Waals surface area contributed by atoms with Crippen molar-refractivity contribution in [1.82, 2.24) is 0 Å². The van der Waals surface area contributed by atoms with Gasteiger partial charge in [-0.2, -0.15) is 0 Å². The van der Waals surface area contributed by atoms with Crippen LogP contribution in [0.25, 0.3) is 0 Å². The normalized spacial score (nSPS) is 12.2. The fourth-order valence-electron chi connectivity index (χ4n) is 4.02. The van der Waals surface area contributed by atoms with E-state index in [0.717, 1.165) is 56.8 Å². The van der Waals surface area contributed by atoms with Crippen LogP contribution in [0.15, 0.2) is 29.2 Å². The van der Waals surface area contributed by atoms with Gasteiger partial charge in [-0.1, -0.05) is 51.9 Å². The van der Waals surface area contributed by atoms with E-state index in [1.807, 2.05) is 32.9 Å². The Morgan fingerprint density at radius 1 is 0.706 bits per heavy atom. The summed E-state index contributed by atoms with van der Waals surface area (Å²) < 4.78 is 43.0. The van der Waals surface area contributed by atoms with Crippen LogP contribution in [0.4, 0.5) is 5.69 Å². The van der Waals surface area contributed by atoms with Gasteiger partial charge in [-0.15, -0.1) is 0 Å². The number of unbranched alkanes of at least 4 members (excludes halogenated alkanes) is 8. The number of benzene rings is 1. The Morgan fingerprint density at radius 3 is 1.79 bits per heavy atom. The number of anilines is 1. The smallest absolute Gasteiger partial charge is 0.385 e. The van der Waals surface area contributed by atoms with Gasteiger partial charge in [0.2, 0.25) is 0 Å². The first kappa shape index (κ1) is 31.1. The van der Waals surface area contributed by atoms with Crippen LogP contribution >= 0.6 is 0 Å². The van der Waals surface area contributed by atoms with Crippen LogP contribution in [0, 0.1) is 0 Å². The maximum absolute atomic E-state index is 12.6. The van der Waals surface area contributed by atoms with E-state index in [2.05, 4.69) is 12.2 Å². The lowest BCUT2D eigenvalue weighted by atomic mass is 10.1. The Morgan fingerprint density at radius 2 is 1.24 bits per heavy atom. The van der Waals surface area contributed by atoms with Gasteiger partial charge in [0.25, 0.3) is 0 Å². The number of rotatable bonds is 22. The zero-order valence-electron chi connectivity index (χ0n) is 22.1. The Labute approximate surface area is 210 Å². The fraction of sp³-hybridized carbons (Fsp3) is 0.769. The largest absolute Gasteiger partial charge is 0.500 e. The minimum Gasteiger partial charge on any atom is -0.385 e. The molecule has 0 aromatic heterocycles. The van der Waals surface area contributed by atoms with Crippen molar-refractivity contribution in [3.05, 3.63) is 24.3 Å². The van der Waals surface area contributed by atoms with Crippen LogP contribution < -0.4 is 5.32 Å². The third-order valence-corrected chi connectivity index (χ3v) is 10.8. The maximum atomic E-state index is 12.6. The van der Waals surface area contributed by atoms with E-state index < -0.39 is 18.6 Å². The number of hydrogen-bond acceptors (Lipinski definition) is 6. The minimum atomic E-state index is -3.22. The van der Waals surface area contributed by atoms with Crippen LogP contribution in [0.5, 0.6) is 0 Å². The van der Waals surface area contributed by atoms with Gasteiger partial charge in [-0.3, -0.25) is 0 Å². The van der Waals surface area contributed by atoms with Crippen LogP contribution in [-0.4, -0.2) is 49.3 Å². The van der Waals surface area contributed by atoms with Crippen molar-refractivity contribution >= 4 is 24.3 Å². The molecule has 198 valence electrons. The molecule has 0 atom stereocenters. The van der Waals surface area contributed by atoms with Gasteiger partial charge in [0.05, 0.1) is 10.6 Å². The van der Waals surface area contributed by atoms with E-state index in [-0.39, 0.29) is 5.75 Å². The fourth-order valence-corrected chi connectivity index (χ4v) is 8.08. The molecule has 0 fully saturated rings. The van der Waals surface area contributed by atoms with Crippen molar-refractivity contribution in [2.45, 2.75) is 103 Å². The summed E-state index contributed by atoms with van der Waals surface area (Å²) in [6.45, 7) is 10.9. The summed E-state index contributed by atoms with van der Waals surface area (Å²) in [6.07, 6.45) is 10.7. The van der Waals surface area contributed by atoms with Crippen molar-refractivity contribution in [1.29, 1.82) is 0 Å². The summed E-state index contributed by atoms with van der Waals surface area (Å²) >= 11 is 0. The quantitative estimate of drug-likeness (QED) is 0.135.